The molecule has 2 N–H and O–H groups in total. The number of carbonyl (C=O) groups is 3. The summed E-state index contributed by atoms with van der Waals surface area (Å²) in [7, 11) is 0. The molecule has 1 aliphatic heterocycles. The summed E-state index contributed by atoms with van der Waals surface area (Å²) in [6.45, 7) is -0.756. The van der Waals surface area contributed by atoms with Gasteiger partial charge in [-0.1, -0.05) is 15.9 Å². The van der Waals surface area contributed by atoms with Crippen molar-refractivity contribution in [3.8, 4) is 5.75 Å². The number of hydrogen-bond acceptors (Lipinski definition) is 4. The van der Waals surface area contributed by atoms with Crippen LogP contribution in [0.3, 0.4) is 0 Å². The Morgan fingerprint density at radius 1 is 1.50 bits per heavy atom. The summed E-state index contributed by atoms with van der Waals surface area (Å²) in [5.74, 6) is -1.92. The molecule has 1 aromatic rings. The molecular weight excluding hydrogens is 337 g/mol. The molecule has 7 nitrogen and oxygen atoms in total. The number of imide groups is 1. The van der Waals surface area contributed by atoms with Crippen LogP contribution in [0, 0.1) is 5.82 Å². The average Bonchev–Trinajstić information content (AvgIpc) is 2.66. The number of rotatable bonds is 4. The van der Waals surface area contributed by atoms with Gasteiger partial charge in [0.05, 0.1) is 0 Å². The number of nitrogens with one attached hydrogen (secondary N) is 2. The van der Waals surface area contributed by atoms with E-state index in [9.17, 15) is 18.8 Å². The fourth-order valence-electron chi connectivity index (χ4n) is 1.45. The molecule has 9 heteroatoms. The number of amides is 4. The van der Waals surface area contributed by atoms with E-state index in [4.69, 9.17) is 4.74 Å². The molecule has 106 valence electrons. The zero-order valence-electron chi connectivity index (χ0n) is 9.98. The smallest absolute Gasteiger partial charge is 0.343 e. The molecule has 1 saturated heterocycles. The highest BCUT2D eigenvalue weighted by Gasteiger charge is 2.28. The van der Waals surface area contributed by atoms with Gasteiger partial charge < -0.3 is 4.74 Å². The van der Waals surface area contributed by atoms with Crippen molar-refractivity contribution in [3.63, 3.8) is 0 Å². The van der Waals surface area contributed by atoms with Crippen molar-refractivity contribution in [2.24, 2.45) is 0 Å². The van der Waals surface area contributed by atoms with Crippen LogP contribution in [0.25, 0.3) is 0 Å². The molecule has 20 heavy (non-hydrogen) atoms. The summed E-state index contributed by atoms with van der Waals surface area (Å²) in [6, 6.07) is 3.39. The summed E-state index contributed by atoms with van der Waals surface area (Å²) in [5.41, 5.74) is 2.16. The molecule has 0 aromatic heterocycles. The highest BCUT2D eigenvalue weighted by atomic mass is 79.9. The molecule has 1 heterocycles. The van der Waals surface area contributed by atoms with Crippen LogP contribution >= 0.6 is 15.9 Å². The minimum atomic E-state index is -0.724. The van der Waals surface area contributed by atoms with Crippen molar-refractivity contribution < 1.29 is 23.5 Å². The van der Waals surface area contributed by atoms with Crippen LogP contribution in [0.15, 0.2) is 22.7 Å². The van der Waals surface area contributed by atoms with Gasteiger partial charge in [0.15, 0.2) is 18.2 Å². The summed E-state index contributed by atoms with van der Waals surface area (Å²) in [4.78, 5) is 33.6. The SMILES string of the molecule is O=C1CN(NC(=O)COc2ccc(Br)cc2F)C(=O)N1. The number of hydrogen-bond donors (Lipinski definition) is 2. The van der Waals surface area contributed by atoms with Crippen LogP contribution in [0.2, 0.25) is 0 Å². The van der Waals surface area contributed by atoms with Gasteiger partial charge in [0.2, 0.25) is 5.91 Å². The minimum absolute atomic E-state index is 0.0923. The van der Waals surface area contributed by atoms with Crippen molar-refractivity contribution in [1.82, 2.24) is 15.8 Å². The van der Waals surface area contributed by atoms with Crippen molar-refractivity contribution in [3.05, 3.63) is 28.5 Å². The Morgan fingerprint density at radius 2 is 2.25 bits per heavy atom. The summed E-state index contributed by atoms with van der Waals surface area (Å²) in [6.07, 6.45) is 0. The van der Waals surface area contributed by atoms with Crippen molar-refractivity contribution >= 4 is 33.8 Å². The maximum atomic E-state index is 13.4. The lowest BCUT2D eigenvalue weighted by molar-refractivity contribution is -0.127. The van der Waals surface area contributed by atoms with E-state index in [2.05, 4.69) is 21.4 Å². The molecule has 0 bridgehead atoms. The second-order valence-electron chi connectivity index (χ2n) is 3.84. The number of ether oxygens (including phenoxy) is 1. The molecule has 0 atom stereocenters. The van der Waals surface area contributed by atoms with Gasteiger partial charge in [0.1, 0.15) is 6.54 Å². The van der Waals surface area contributed by atoms with Crippen LogP contribution in [0.5, 0.6) is 5.75 Å². The molecule has 1 fully saturated rings. The maximum absolute atomic E-state index is 13.4. The van der Waals surface area contributed by atoms with E-state index < -0.39 is 30.3 Å². The second-order valence-corrected chi connectivity index (χ2v) is 4.75. The standard InChI is InChI=1S/C11H9BrFN3O4/c12-6-1-2-8(7(13)3-6)20-5-10(18)15-16-4-9(17)14-11(16)19/h1-3H,4-5H2,(H,15,18)(H,14,17,19). The number of carbonyl (C=O) groups excluding carboxylic acids is 3. The Bertz CT molecular complexity index is 581. The zero-order valence-corrected chi connectivity index (χ0v) is 11.6. The lowest BCUT2D eigenvalue weighted by Gasteiger charge is -2.14. The van der Waals surface area contributed by atoms with Gasteiger partial charge in [0.25, 0.3) is 5.91 Å². The largest absolute Gasteiger partial charge is 0.481 e. The number of hydrazine groups is 1. The van der Waals surface area contributed by atoms with E-state index >= 15 is 0 Å². The molecule has 0 saturated carbocycles. The first-order valence-corrected chi connectivity index (χ1v) is 6.23. The highest BCUT2D eigenvalue weighted by Crippen LogP contribution is 2.21. The Labute approximate surface area is 121 Å². The molecule has 0 unspecified atom stereocenters. The molecule has 1 aromatic carbocycles. The van der Waals surface area contributed by atoms with Gasteiger partial charge in [0, 0.05) is 4.47 Å². The van der Waals surface area contributed by atoms with Gasteiger partial charge in [-0.3, -0.25) is 20.3 Å². The number of nitrogens with zero attached hydrogens (tertiary/aromatic N) is 1. The fraction of sp³-hybridized carbons (Fsp3) is 0.182. The van der Waals surface area contributed by atoms with Crippen molar-refractivity contribution in [1.29, 1.82) is 0 Å². The fourth-order valence-corrected chi connectivity index (χ4v) is 1.78. The first kappa shape index (κ1) is 14.3. The minimum Gasteiger partial charge on any atom is -0.481 e. The van der Waals surface area contributed by atoms with Crippen LogP contribution < -0.4 is 15.5 Å². The predicted octanol–water partition coefficient (Wildman–Crippen LogP) is 0.550. The number of urea groups is 1. The first-order valence-electron chi connectivity index (χ1n) is 5.44. The van der Waals surface area contributed by atoms with Gasteiger partial charge in [-0.15, -0.1) is 0 Å². The van der Waals surface area contributed by atoms with E-state index in [-0.39, 0.29) is 12.3 Å². The maximum Gasteiger partial charge on any atom is 0.343 e. The third kappa shape index (κ3) is 3.44. The zero-order chi connectivity index (χ0) is 14.7. The number of halogens is 2. The molecule has 0 spiro atoms. The molecule has 1 aliphatic rings. The third-order valence-corrected chi connectivity index (χ3v) is 2.80. The summed E-state index contributed by atoms with van der Waals surface area (Å²) in [5, 5.41) is 2.80. The van der Waals surface area contributed by atoms with Crippen LogP contribution in [0.4, 0.5) is 9.18 Å². The third-order valence-electron chi connectivity index (χ3n) is 2.31. The molecule has 4 amide bonds. The molecule has 0 radical (unpaired) electrons. The van der Waals surface area contributed by atoms with Gasteiger partial charge >= 0.3 is 6.03 Å². The van der Waals surface area contributed by atoms with Gasteiger partial charge in [-0.2, -0.15) is 0 Å². The van der Waals surface area contributed by atoms with E-state index in [0.717, 1.165) is 5.01 Å². The van der Waals surface area contributed by atoms with Crippen LogP contribution in [-0.4, -0.2) is 36.0 Å². The molecule has 2 rings (SSSR count). The lowest BCUT2D eigenvalue weighted by atomic mass is 10.3. The first-order chi connectivity index (χ1) is 9.45. The topological polar surface area (TPSA) is 87.7 Å². The molecular formula is C11H9BrFN3O4. The highest BCUT2D eigenvalue weighted by molar-refractivity contribution is 9.10. The van der Waals surface area contributed by atoms with E-state index in [1.807, 2.05) is 5.32 Å². The normalized spacial score (nSPS) is 14.2. The summed E-state index contributed by atoms with van der Waals surface area (Å²) >= 11 is 3.09. The van der Waals surface area contributed by atoms with E-state index in [0.29, 0.717) is 4.47 Å². The Kier molecular flexibility index (Phi) is 4.18. The van der Waals surface area contributed by atoms with E-state index in [1.54, 1.807) is 6.07 Å². The second kappa shape index (κ2) is 5.87. The van der Waals surface area contributed by atoms with Crippen LogP contribution in [-0.2, 0) is 9.59 Å². The Morgan fingerprint density at radius 3 is 2.85 bits per heavy atom. The van der Waals surface area contributed by atoms with Crippen LogP contribution in [0.1, 0.15) is 0 Å². The lowest BCUT2D eigenvalue weighted by Crippen LogP contribution is -2.46. The predicted molar refractivity (Wildman–Crippen MR) is 68.0 cm³/mol. The van der Waals surface area contributed by atoms with Crippen molar-refractivity contribution in [2.45, 2.75) is 0 Å². The van der Waals surface area contributed by atoms with Gasteiger partial charge in [-0.25, -0.2) is 14.2 Å². The monoisotopic (exact) mass is 345 g/mol. The quantitative estimate of drug-likeness (QED) is 0.780. The number of benzene rings is 1. The van der Waals surface area contributed by atoms with Crippen molar-refractivity contribution in [2.75, 3.05) is 13.2 Å². The Hall–Kier alpha value is -2.16. The van der Waals surface area contributed by atoms with E-state index in [1.165, 1.54) is 12.1 Å². The average molecular weight is 346 g/mol. The Balaban J connectivity index is 1.86. The van der Waals surface area contributed by atoms with Gasteiger partial charge in [-0.05, 0) is 18.2 Å². The molecule has 0 aliphatic carbocycles. The summed E-state index contributed by atoms with van der Waals surface area (Å²) < 4.78 is 18.9.